The second kappa shape index (κ2) is 28.3. The van der Waals surface area contributed by atoms with E-state index in [4.69, 9.17) is 4.42 Å². The molecule has 7 heteroatoms. The van der Waals surface area contributed by atoms with E-state index in [2.05, 4.69) is 467 Å². The quantitative estimate of drug-likeness (QED) is 0.0947. The molecule has 0 radical (unpaired) electrons. The predicted molar refractivity (Wildman–Crippen MR) is 515 cm³/mol. The van der Waals surface area contributed by atoms with Gasteiger partial charge in [-0.25, -0.2) is 0 Å². The summed E-state index contributed by atoms with van der Waals surface area (Å²) < 4.78 is 7.68. The molecule has 1 aromatic heterocycles. The largest absolute Gasteiger partial charge is 0.454 e. The van der Waals surface area contributed by atoms with Gasteiger partial charge >= 0.3 is 0 Å². The number of hydrogen-bond acceptors (Lipinski definition) is 6. The highest BCUT2D eigenvalue weighted by molar-refractivity contribution is 7.00. The van der Waals surface area contributed by atoms with Crippen molar-refractivity contribution in [3.8, 4) is 0 Å². The highest BCUT2D eigenvalue weighted by Crippen LogP contribution is 2.55. The molecule has 0 N–H and O–H groups in total. The van der Waals surface area contributed by atoms with Crippen LogP contribution < -0.4 is 40.9 Å². The Morgan fingerprint density at radius 2 is 0.504 bits per heavy atom. The van der Waals surface area contributed by atoms with Crippen molar-refractivity contribution in [3.63, 3.8) is 0 Å². The van der Waals surface area contributed by atoms with Crippen LogP contribution in [0.5, 0.6) is 0 Å². The molecule has 3 heterocycles. The maximum Gasteiger partial charge on any atom is 0.252 e. The van der Waals surface area contributed by atoms with Crippen molar-refractivity contribution in [1.29, 1.82) is 0 Å². The monoisotopic (exact) mass is 1550 g/mol. The number of furan rings is 1. The van der Waals surface area contributed by atoms with Gasteiger partial charge < -0.3 is 28.9 Å². The molecule has 18 rings (SSSR count). The van der Waals surface area contributed by atoms with E-state index in [0.29, 0.717) is 0 Å². The maximum atomic E-state index is 7.68. The first-order valence-electron chi connectivity index (χ1n) is 42.8. The summed E-state index contributed by atoms with van der Waals surface area (Å²) in [7, 11) is 0. The third kappa shape index (κ3) is 14.0. The summed E-state index contributed by atoms with van der Waals surface area (Å²) in [5, 5.41) is 9.30. The SMILES string of the molecule is CC(C)(C)c1ccc(N(c2ccc(C(C)(C)C)cc2)c2ccc3c(c2)N(c2ccc(C(C)(C)C)cc2)c2cc(N(c4ccc(C(C)(C)C)cc4)c4ccc(C(C)(C)C)cc4)cc4c2B3c2cc3c5ccccc5c5ccccc5c3cc2N4c2cc(N(c3ccc(C(C)(C)C)cc3)c3ccc(C(C)(C)C)cc3)cc3c2oc2ccccc23)cc1. The zero-order valence-electron chi connectivity index (χ0n) is 73.5. The zero-order valence-corrected chi connectivity index (χ0v) is 73.5. The number of hydrogen-bond donors (Lipinski definition) is 0. The lowest BCUT2D eigenvalue weighted by Crippen LogP contribution is -2.61. The Morgan fingerprint density at radius 3 is 0.882 bits per heavy atom. The first-order chi connectivity index (χ1) is 56.4. The lowest BCUT2D eigenvalue weighted by Gasteiger charge is -2.45. The van der Waals surface area contributed by atoms with Gasteiger partial charge in [0.05, 0.1) is 11.4 Å². The Bertz CT molecular complexity index is 6430. The van der Waals surface area contributed by atoms with E-state index < -0.39 is 0 Å². The van der Waals surface area contributed by atoms with Crippen LogP contribution in [0.1, 0.15) is 184 Å². The first kappa shape index (κ1) is 78.1. The Morgan fingerprint density at radius 1 is 0.218 bits per heavy atom. The van der Waals surface area contributed by atoms with Crippen LogP contribution in [0.15, 0.2) is 302 Å². The van der Waals surface area contributed by atoms with Crippen LogP contribution in [-0.4, -0.2) is 6.71 Å². The van der Waals surface area contributed by atoms with Gasteiger partial charge in [-0.1, -0.05) is 309 Å². The van der Waals surface area contributed by atoms with E-state index in [-0.39, 0.29) is 44.6 Å². The molecule has 6 nitrogen and oxygen atoms in total. The van der Waals surface area contributed by atoms with Gasteiger partial charge in [0.25, 0.3) is 6.71 Å². The minimum absolute atomic E-state index is 0.0470. The van der Waals surface area contributed by atoms with Crippen LogP contribution in [0.3, 0.4) is 0 Å². The topological polar surface area (TPSA) is 29.3 Å². The molecule has 119 heavy (non-hydrogen) atoms. The fourth-order valence-electron chi connectivity index (χ4n) is 18.4. The number of benzene rings is 15. The molecule has 2 aliphatic heterocycles. The van der Waals surface area contributed by atoms with Crippen molar-refractivity contribution in [1.82, 2.24) is 0 Å². The highest BCUT2D eigenvalue weighted by atomic mass is 16.3. The number of rotatable bonds is 11. The van der Waals surface area contributed by atoms with Crippen LogP contribution in [0, 0.1) is 0 Å². The van der Waals surface area contributed by atoms with Crippen molar-refractivity contribution < 1.29 is 4.42 Å². The molecule has 0 fully saturated rings. The van der Waals surface area contributed by atoms with Crippen LogP contribution in [0.2, 0.25) is 0 Å². The Labute approximate surface area is 706 Å². The molecule has 0 aliphatic carbocycles. The van der Waals surface area contributed by atoms with Crippen molar-refractivity contribution in [3.05, 3.63) is 336 Å². The highest BCUT2D eigenvalue weighted by Gasteiger charge is 2.46. The zero-order chi connectivity index (χ0) is 83.5. The summed E-state index contributed by atoms with van der Waals surface area (Å²) in [6.45, 7) is 48.1. The Kier molecular flexibility index (Phi) is 18.6. The Balaban J connectivity index is 1.01. The molecular formula is C112H112BN5O. The molecule has 0 unspecified atom stereocenters. The van der Waals surface area contributed by atoms with Gasteiger partial charge in [-0.3, -0.25) is 0 Å². The molecule has 0 spiro atoms. The van der Waals surface area contributed by atoms with Gasteiger partial charge in [0, 0.05) is 84.7 Å². The van der Waals surface area contributed by atoms with E-state index in [9.17, 15) is 0 Å². The normalized spacial score (nSPS) is 13.4. The molecule has 0 bridgehead atoms. The second-order valence-corrected chi connectivity index (χ2v) is 40.8. The average Bonchev–Trinajstić information content (AvgIpc) is 1.46. The average molecular weight is 1550 g/mol. The molecule has 15 aromatic carbocycles. The van der Waals surface area contributed by atoms with Crippen LogP contribution in [-0.2, 0) is 37.9 Å². The van der Waals surface area contributed by atoms with Crippen LogP contribution in [0.25, 0.3) is 54.3 Å². The minimum Gasteiger partial charge on any atom is -0.454 e. The summed E-state index contributed by atoms with van der Waals surface area (Å²) in [4.78, 5) is 12.7. The van der Waals surface area contributed by atoms with E-state index >= 15 is 0 Å². The van der Waals surface area contributed by atoms with Crippen LogP contribution >= 0.6 is 0 Å². The van der Waals surface area contributed by atoms with E-state index in [1.807, 2.05) is 0 Å². The standard InChI is InChI=1S/C112H112BN5O/c1-106(2,3)71-34-48-78(49-35-71)114(79-50-36-72(37-51-79)107(4,5)6)85-62-63-96-98(65-85)117(84-60-46-77(47-61-84)112(19,20)21)100-66-87(116(82-56-42-75(43-57-82)110(13,14)15)83-58-44-76(45-59-83)111(16,17)18)67-101-104(100)113(96)97-69-93-90-30-24-22-28-88(90)89-29-23-25-31-91(89)94(93)70-99(97)118(101)102-68-86(64-95-92-32-26-27-33-103(92)119-105(95)102)115(80-52-38-73(39-53-80)108(7,8)9)81-54-40-74(41-55-81)109(10,11)12/h22-70H,1-21H3. The summed E-state index contributed by atoms with van der Waals surface area (Å²) in [6.07, 6.45) is 0. The third-order valence-corrected chi connectivity index (χ3v) is 25.3. The fourth-order valence-corrected chi connectivity index (χ4v) is 18.4. The molecule has 16 aromatic rings. The van der Waals surface area contributed by atoms with Crippen molar-refractivity contribution in [2.45, 2.75) is 183 Å². The lowest BCUT2D eigenvalue weighted by molar-refractivity contribution is 0.590. The van der Waals surface area contributed by atoms with Gasteiger partial charge in [0.1, 0.15) is 5.58 Å². The van der Waals surface area contributed by atoms with Crippen molar-refractivity contribution in [2.24, 2.45) is 0 Å². The van der Waals surface area contributed by atoms with Gasteiger partial charge in [-0.15, -0.1) is 0 Å². The number of para-hydroxylation sites is 1. The Hall–Kier alpha value is -12.1. The number of nitrogens with zero attached hydrogens (tertiary/aromatic N) is 5. The summed E-state index contributed by atoms with van der Waals surface area (Å²) in [6, 6.07) is 115. The number of fused-ring (bicyclic) bond motifs is 13. The summed E-state index contributed by atoms with van der Waals surface area (Å²) in [5.74, 6) is 0. The molecule has 0 saturated heterocycles. The van der Waals surface area contributed by atoms with Gasteiger partial charge in [0.15, 0.2) is 5.58 Å². The van der Waals surface area contributed by atoms with Gasteiger partial charge in [0.2, 0.25) is 0 Å². The lowest BCUT2D eigenvalue weighted by atomic mass is 9.33. The van der Waals surface area contributed by atoms with Crippen molar-refractivity contribution in [2.75, 3.05) is 24.5 Å². The molecule has 594 valence electrons. The van der Waals surface area contributed by atoms with Gasteiger partial charge in [-0.05, 0) is 259 Å². The number of anilines is 15. The summed E-state index contributed by atoms with van der Waals surface area (Å²) in [5.41, 5.74) is 29.3. The maximum absolute atomic E-state index is 7.68. The van der Waals surface area contributed by atoms with E-state index in [1.165, 1.54) is 87.6 Å². The van der Waals surface area contributed by atoms with Gasteiger partial charge in [-0.2, -0.15) is 0 Å². The third-order valence-electron chi connectivity index (χ3n) is 25.3. The second-order valence-electron chi connectivity index (χ2n) is 40.8. The van der Waals surface area contributed by atoms with Crippen LogP contribution in [0.4, 0.5) is 85.3 Å². The summed E-state index contributed by atoms with van der Waals surface area (Å²) >= 11 is 0. The molecule has 0 atom stereocenters. The fraction of sp³-hybridized carbons (Fsp3) is 0.250. The molecule has 2 aliphatic rings. The van der Waals surface area contributed by atoms with E-state index in [1.54, 1.807) is 0 Å². The van der Waals surface area contributed by atoms with Crippen molar-refractivity contribution >= 4 is 163 Å². The predicted octanol–water partition coefficient (Wildman–Crippen LogP) is 30.6. The molecule has 0 amide bonds. The first-order valence-corrected chi connectivity index (χ1v) is 42.8. The molecule has 0 saturated carbocycles. The van der Waals surface area contributed by atoms with E-state index in [0.717, 1.165) is 107 Å². The minimum atomic E-state index is -0.325. The molecular weight excluding hydrogens is 1440 g/mol. The smallest absolute Gasteiger partial charge is 0.252 e.